The third kappa shape index (κ3) is 4.89. The first-order chi connectivity index (χ1) is 15.1. The van der Waals surface area contributed by atoms with Crippen molar-refractivity contribution in [2.24, 2.45) is 0 Å². The largest absolute Gasteiger partial charge is 0.417 e. The Labute approximate surface area is 184 Å². The van der Waals surface area contributed by atoms with E-state index >= 15 is 0 Å². The number of hydrogen-bond donors (Lipinski definition) is 4. The summed E-state index contributed by atoms with van der Waals surface area (Å²) in [7, 11) is 1.40. The number of hydrogen-bond acceptors (Lipinski definition) is 4. The number of imidazole rings is 1. The van der Waals surface area contributed by atoms with E-state index in [1.165, 1.54) is 43.7 Å². The van der Waals surface area contributed by atoms with Crippen LogP contribution in [0.15, 0.2) is 48.8 Å². The number of halogens is 4. The average molecular weight is 466 g/mol. The maximum atomic E-state index is 13.0. The number of nitrogens with one attached hydrogen (secondary N) is 4. The van der Waals surface area contributed by atoms with Crippen LogP contribution >= 0.6 is 11.6 Å². The number of benzene rings is 2. The van der Waals surface area contributed by atoms with E-state index < -0.39 is 34.5 Å². The molecule has 0 aliphatic heterocycles. The zero-order chi connectivity index (χ0) is 23.5. The molecule has 2 aromatic carbocycles. The first-order valence-corrected chi connectivity index (χ1v) is 9.33. The van der Waals surface area contributed by atoms with Crippen LogP contribution in [0.2, 0.25) is 5.02 Å². The van der Waals surface area contributed by atoms with Crippen LogP contribution in [0.25, 0.3) is 0 Å². The van der Waals surface area contributed by atoms with Crippen LogP contribution in [0, 0.1) is 0 Å². The zero-order valence-corrected chi connectivity index (χ0v) is 17.1. The first kappa shape index (κ1) is 22.8. The summed E-state index contributed by atoms with van der Waals surface area (Å²) < 4.78 is 38.9. The molecule has 0 fully saturated rings. The molecular weight excluding hydrogens is 451 g/mol. The Hall–Kier alpha value is -3.86. The quantitative estimate of drug-likeness (QED) is 0.456. The molecule has 0 atom stereocenters. The minimum absolute atomic E-state index is 0.0408. The van der Waals surface area contributed by atoms with Gasteiger partial charge in [0.05, 0.1) is 22.5 Å². The molecule has 0 aliphatic carbocycles. The van der Waals surface area contributed by atoms with Gasteiger partial charge in [0.1, 0.15) is 5.69 Å². The highest BCUT2D eigenvalue weighted by Gasteiger charge is 2.34. The molecule has 0 aliphatic rings. The number of rotatable bonds is 5. The summed E-state index contributed by atoms with van der Waals surface area (Å²) in [5.41, 5.74) is -0.968. The van der Waals surface area contributed by atoms with Gasteiger partial charge in [-0.05, 0) is 36.4 Å². The van der Waals surface area contributed by atoms with E-state index in [0.29, 0.717) is 5.69 Å². The lowest BCUT2D eigenvalue weighted by Gasteiger charge is -2.12. The highest BCUT2D eigenvalue weighted by molar-refractivity contribution is 6.35. The number of aromatic amines is 1. The maximum absolute atomic E-state index is 13.0. The highest BCUT2D eigenvalue weighted by Crippen LogP contribution is 2.36. The molecule has 0 spiro atoms. The minimum atomic E-state index is -4.69. The molecule has 166 valence electrons. The Balaban J connectivity index is 1.71. The molecular formula is C20H15ClF3N5O3. The molecule has 0 unspecified atom stereocenters. The Morgan fingerprint density at radius 3 is 2.09 bits per heavy atom. The maximum Gasteiger partial charge on any atom is 0.417 e. The van der Waals surface area contributed by atoms with Crippen LogP contribution in [0.4, 0.5) is 24.5 Å². The van der Waals surface area contributed by atoms with Crippen molar-refractivity contribution in [1.82, 2.24) is 15.3 Å². The minimum Gasteiger partial charge on any atom is -0.354 e. The molecule has 32 heavy (non-hydrogen) atoms. The van der Waals surface area contributed by atoms with Gasteiger partial charge in [-0.25, -0.2) is 4.98 Å². The zero-order valence-electron chi connectivity index (χ0n) is 16.3. The van der Waals surface area contributed by atoms with Crippen molar-refractivity contribution < 1.29 is 27.6 Å². The highest BCUT2D eigenvalue weighted by atomic mass is 35.5. The lowest BCUT2D eigenvalue weighted by molar-refractivity contribution is -0.137. The Kier molecular flexibility index (Phi) is 6.49. The van der Waals surface area contributed by atoms with Gasteiger partial charge in [-0.2, -0.15) is 13.2 Å². The van der Waals surface area contributed by atoms with Gasteiger partial charge in [0.15, 0.2) is 5.69 Å². The summed E-state index contributed by atoms with van der Waals surface area (Å²) in [6.45, 7) is 0. The van der Waals surface area contributed by atoms with Crippen molar-refractivity contribution in [1.29, 1.82) is 0 Å². The molecule has 3 aromatic rings. The molecule has 0 radical (unpaired) electrons. The van der Waals surface area contributed by atoms with Gasteiger partial charge >= 0.3 is 6.18 Å². The van der Waals surface area contributed by atoms with Crippen molar-refractivity contribution in [3.8, 4) is 0 Å². The van der Waals surface area contributed by atoms with Gasteiger partial charge in [0.2, 0.25) is 0 Å². The number of alkyl halides is 3. The third-order valence-electron chi connectivity index (χ3n) is 4.26. The van der Waals surface area contributed by atoms with Crippen molar-refractivity contribution in [3.05, 3.63) is 76.3 Å². The second-order valence-electron chi connectivity index (χ2n) is 6.36. The molecule has 12 heteroatoms. The number of carbonyl (C=O) groups excluding carboxylic acids is 3. The molecule has 0 bridgehead atoms. The fourth-order valence-corrected chi connectivity index (χ4v) is 3.03. The van der Waals surface area contributed by atoms with Gasteiger partial charge in [-0.15, -0.1) is 0 Å². The fourth-order valence-electron chi connectivity index (χ4n) is 2.71. The molecule has 0 saturated carbocycles. The second kappa shape index (κ2) is 9.10. The molecule has 3 amide bonds. The van der Waals surface area contributed by atoms with Crippen molar-refractivity contribution >= 4 is 40.7 Å². The number of nitrogens with zero attached hydrogens (tertiary/aromatic N) is 1. The van der Waals surface area contributed by atoms with Gasteiger partial charge in [-0.3, -0.25) is 14.4 Å². The van der Waals surface area contributed by atoms with Gasteiger partial charge < -0.3 is 20.9 Å². The summed E-state index contributed by atoms with van der Waals surface area (Å²) in [6, 6.07) is 8.82. The van der Waals surface area contributed by atoms with Crippen LogP contribution in [0.5, 0.6) is 0 Å². The summed E-state index contributed by atoms with van der Waals surface area (Å²) >= 11 is 5.77. The van der Waals surface area contributed by atoms with Crippen LogP contribution < -0.4 is 16.0 Å². The van der Waals surface area contributed by atoms with Crippen molar-refractivity contribution in [2.45, 2.75) is 6.18 Å². The summed E-state index contributed by atoms with van der Waals surface area (Å²) in [6.07, 6.45) is -3.49. The third-order valence-corrected chi connectivity index (χ3v) is 4.67. The van der Waals surface area contributed by atoms with E-state index in [1.807, 2.05) is 0 Å². The van der Waals surface area contributed by atoms with E-state index in [-0.39, 0.29) is 22.6 Å². The van der Waals surface area contributed by atoms with E-state index in [2.05, 4.69) is 25.9 Å². The number of carbonyl (C=O) groups is 3. The number of anilines is 2. The number of aromatic nitrogens is 2. The summed E-state index contributed by atoms with van der Waals surface area (Å²) in [5, 5.41) is 6.67. The van der Waals surface area contributed by atoms with E-state index in [9.17, 15) is 27.6 Å². The van der Waals surface area contributed by atoms with Gasteiger partial charge in [-0.1, -0.05) is 17.7 Å². The fraction of sp³-hybridized carbons (Fsp3) is 0.100. The normalized spacial score (nSPS) is 11.0. The van der Waals surface area contributed by atoms with Gasteiger partial charge in [0.25, 0.3) is 17.7 Å². The number of H-pyrrole nitrogens is 1. The lowest BCUT2D eigenvalue weighted by atomic mass is 10.1. The van der Waals surface area contributed by atoms with Crippen LogP contribution in [-0.4, -0.2) is 34.7 Å². The molecule has 1 heterocycles. The van der Waals surface area contributed by atoms with E-state index in [0.717, 1.165) is 12.1 Å². The SMILES string of the molecule is CNC(=O)c1nc[nH]c1C(=O)Nc1ccc(NC(=O)c2cccc(C(F)(F)F)c2Cl)cc1. The molecule has 4 N–H and O–H groups in total. The smallest absolute Gasteiger partial charge is 0.354 e. The molecule has 3 rings (SSSR count). The van der Waals surface area contributed by atoms with E-state index in [4.69, 9.17) is 11.6 Å². The Morgan fingerprint density at radius 1 is 0.938 bits per heavy atom. The standard InChI is InChI=1S/C20H15ClF3N5O3/c1-25-18(31)15-16(27-9-26-15)19(32)29-11-7-5-10(6-8-11)28-17(30)12-3-2-4-13(14(12)21)20(22,23)24/h2-9H,1H3,(H,25,31)(H,26,27)(H,28,30)(H,29,32). The molecule has 1 aromatic heterocycles. The summed E-state index contributed by atoms with van der Waals surface area (Å²) in [4.78, 5) is 42.9. The first-order valence-electron chi connectivity index (χ1n) is 8.95. The van der Waals surface area contributed by atoms with Crippen LogP contribution in [-0.2, 0) is 6.18 Å². The monoisotopic (exact) mass is 465 g/mol. The van der Waals surface area contributed by atoms with E-state index in [1.54, 1.807) is 0 Å². The van der Waals surface area contributed by atoms with Crippen molar-refractivity contribution in [2.75, 3.05) is 17.7 Å². The predicted octanol–water partition coefficient (Wildman–Crippen LogP) is 3.95. The molecule has 0 saturated heterocycles. The summed E-state index contributed by atoms with van der Waals surface area (Å²) in [5.74, 6) is -1.98. The average Bonchev–Trinajstić information content (AvgIpc) is 3.24. The molecule has 8 nitrogen and oxygen atoms in total. The topological polar surface area (TPSA) is 116 Å². The number of amides is 3. The predicted molar refractivity (Wildman–Crippen MR) is 111 cm³/mol. The second-order valence-corrected chi connectivity index (χ2v) is 6.73. The Bertz CT molecular complexity index is 1180. The van der Waals surface area contributed by atoms with Crippen LogP contribution in [0.3, 0.4) is 0 Å². The van der Waals surface area contributed by atoms with Crippen molar-refractivity contribution in [3.63, 3.8) is 0 Å². The van der Waals surface area contributed by atoms with Gasteiger partial charge in [0, 0.05) is 18.4 Å². The Morgan fingerprint density at radius 2 is 1.53 bits per heavy atom. The lowest BCUT2D eigenvalue weighted by Crippen LogP contribution is -2.23. The van der Waals surface area contributed by atoms with Crippen LogP contribution in [0.1, 0.15) is 36.9 Å².